The molecule has 5 rings (SSSR count). The maximum Gasteiger partial charge on any atom is 0.329 e. The lowest BCUT2D eigenvalue weighted by atomic mass is 9.78. The van der Waals surface area contributed by atoms with Gasteiger partial charge in [-0.2, -0.15) is 0 Å². The molecule has 2 saturated heterocycles. The Balaban J connectivity index is 1.56. The number of benzene rings is 1. The van der Waals surface area contributed by atoms with E-state index in [1.54, 1.807) is 40.2 Å². The third kappa shape index (κ3) is 15.8. The molecule has 15 atom stereocenters. The van der Waals surface area contributed by atoms with Gasteiger partial charge < -0.3 is 53.4 Å². The van der Waals surface area contributed by atoms with Crippen molar-refractivity contribution < 1.29 is 72.5 Å². The third-order valence-electron chi connectivity index (χ3n) is 16.5. The van der Waals surface area contributed by atoms with Crippen molar-refractivity contribution in [1.29, 1.82) is 0 Å². The second kappa shape index (κ2) is 29.4. The van der Waals surface area contributed by atoms with Crippen LogP contribution in [0.2, 0.25) is 0 Å². The zero-order valence-corrected chi connectivity index (χ0v) is 47.1. The summed E-state index contributed by atoms with van der Waals surface area (Å²) in [5, 5.41) is 31.6. The van der Waals surface area contributed by atoms with E-state index >= 15 is 0 Å². The summed E-state index contributed by atoms with van der Waals surface area (Å²) in [5.41, 5.74) is 2.15. The number of carbonyl (C=O) groups excluding carboxylic acids is 5. The summed E-state index contributed by atoms with van der Waals surface area (Å²) in [6, 6.07) is 4.37. The molecule has 76 heavy (non-hydrogen) atoms. The predicted octanol–water partition coefficient (Wildman–Crippen LogP) is 7.98. The van der Waals surface area contributed by atoms with Crippen LogP contribution in [0.3, 0.4) is 0 Å². The van der Waals surface area contributed by atoms with Gasteiger partial charge in [-0.15, -0.1) is 0 Å². The van der Waals surface area contributed by atoms with Gasteiger partial charge >= 0.3 is 5.97 Å². The van der Waals surface area contributed by atoms with Crippen LogP contribution in [-0.4, -0.2) is 146 Å². The molecule has 1 aromatic rings. The van der Waals surface area contributed by atoms with Gasteiger partial charge in [0, 0.05) is 69.6 Å². The van der Waals surface area contributed by atoms with Crippen LogP contribution in [-0.2, 0) is 47.7 Å². The summed E-state index contributed by atoms with van der Waals surface area (Å²) in [5.74, 6) is -6.33. The van der Waals surface area contributed by atoms with Gasteiger partial charge in [-0.3, -0.25) is 19.2 Å². The van der Waals surface area contributed by atoms with E-state index in [0.29, 0.717) is 74.9 Å². The summed E-state index contributed by atoms with van der Waals surface area (Å²) in [7, 11) is 5.89. The Morgan fingerprint density at radius 2 is 1.61 bits per heavy atom. The average Bonchev–Trinajstić information content (AvgIpc) is 3.41. The van der Waals surface area contributed by atoms with Crippen molar-refractivity contribution in [2.24, 2.45) is 35.5 Å². The zero-order chi connectivity index (χ0) is 55.9. The summed E-state index contributed by atoms with van der Waals surface area (Å²) in [6.45, 7) is 13.0. The molecule has 0 unspecified atom stereocenters. The molecule has 2 bridgehead atoms. The first-order valence-electron chi connectivity index (χ1n) is 27.6. The number of ketones is 3. The summed E-state index contributed by atoms with van der Waals surface area (Å²) < 4.78 is 42.1. The Kier molecular flexibility index (Phi) is 24.1. The first-order valence-corrected chi connectivity index (χ1v) is 27.6. The number of Topliss-reactive ketones (excluding diaryl/α,β-unsaturated/α-hetero) is 3. The fraction of sp³-hybridized carbons (Fsp3) is 0.683. The molecular weight excluding hydrogens is 975 g/mol. The van der Waals surface area contributed by atoms with E-state index in [1.165, 1.54) is 19.1 Å². The molecule has 16 heteroatoms. The van der Waals surface area contributed by atoms with E-state index in [2.05, 4.69) is 0 Å². The van der Waals surface area contributed by atoms with E-state index in [-0.39, 0.29) is 73.9 Å². The van der Waals surface area contributed by atoms with Crippen molar-refractivity contribution in [2.75, 3.05) is 48.2 Å². The number of piperidine rings is 1. The highest BCUT2D eigenvalue weighted by Crippen LogP contribution is 2.44. The number of fused-ring (bicyclic) bond motifs is 3. The maximum atomic E-state index is 15.0. The van der Waals surface area contributed by atoms with Crippen LogP contribution in [0.4, 0.5) is 0 Å². The number of hydrogen-bond acceptors (Lipinski definition) is 15. The quantitative estimate of drug-likeness (QED) is 0.109. The molecule has 1 aromatic carbocycles. The van der Waals surface area contributed by atoms with Gasteiger partial charge in [0.05, 0.1) is 32.0 Å². The van der Waals surface area contributed by atoms with Crippen LogP contribution in [0.25, 0.3) is 0 Å². The molecule has 0 radical (unpaired) electrons. The Labute approximate surface area is 451 Å². The molecular formula is C60H89NO15. The number of rotatable bonds is 11. The first-order chi connectivity index (χ1) is 36.2. The summed E-state index contributed by atoms with van der Waals surface area (Å²) >= 11 is 0. The van der Waals surface area contributed by atoms with Gasteiger partial charge in [-0.05, 0) is 114 Å². The zero-order valence-electron chi connectivity index (χ0n) is 47.1. The lowest BCUT2D eigenvalue weighted by Gasteiger charge is -2.45. The SMILES string of the molecule is COc1cc(OCCO)ccc1[C@@H]1C[C@@H]2CC[C@@H](C)[C@@](OC)(O2)C(=O)C(=O)N2CCCC[C@H]2C(=O)O[C@H]([C@H](C)C[C@@H]2CC[C@@H](O)[C@H](OC)C2)CC(=O)[C@H](C)/C=C(\C)[C@@H](O)[C@@H](OC)C(=O)[C@H](C)C[C@H](C)/C=C/C=C/C=C/1C. The van der Waals surface area contributed by atoms with E-state index in [9.17, 15) is 39.3 Å². The van der Waals surface area contributed by atoms with Crippen LogP contribution in [0, 0.1) is 35.5 Å². The van der Waals surface area contributed by atoms with Crippen molar-refractivity contribution in [3.63, 3.8) is 0 Å². The molecule has 16 nitrogen and oxygen atoms in total. The number of nitrogens with zero attached hydrogens (tertiary/aromatic N) is 1. The highest BCUT2D eigenvalue weighted by Gasteiger charge is 2.55. The number of cyclic esters (lactones) is 1. The van der Waals surface area contributed by atoms with Gasteiger partial charge in [0.25, 0.3) is 11.7 Å². The number of aliphatic hydroxyl groups is 3. The number of esters is 1. The van der Waals surface area contributed by atoms with E-state index in [1.807, 2.05) is 77.1 Å². The normalized spacial score (nSPS) is 36.2. The minimum Gasteiger partial charge on any atom is -0.496 e. The largest absolute Gasteiger partial charge is 0.496 e. The number of amides is 1. The molecule has 1 aliphatic carbocycles. The maximum absolute atomic E-state index is 15.0. The number of hydrogen-bond donors (Lipinski definition) is 3. The average molecular weight is 1060 g/mol. The molecule has 0 spiro atoms. The second-order valence-corrected chi connectivity index (χ2v) is 22.1. The Morgan fingerprint density at radius 3 is 2.29 bits per heavy atom. The molecule has 1 saturated carbocycles. The van der Waals surface area contributed by atoms with Crippen LogP contribution in [0.1, 0.15) is 137 Å². The monoisotopic (exact) mass is 1060 g/mol. The van der Waals surface area contributed by atoms with Crippen LogP contribution < -0.4 is 9.47 Å². The summed E-state index contributed by atoms with van der Waals surface area (Å²) in [6.07, 6.45) is 11.9. The van der Waals surface area contributed by atoms with Gasteiger partial charge in [-0.1, -0.05) is 82.7 Å². The number of carbonyl (C=O) groups is 5. The van der Waals surface area contributed by atoms with Crippen LogP contribution >= 0.6 is 0 Å². The highest BCUT2D eigenvalue weighted by molar-refractivity contribution is 6.39. The fourth-order valence-electron chi connectivity index (χ4n) is 11.8. The minimum atomic E-state index is -1.97. The Hall–Kier alpha value is -4.55. The van der Waals surface area contributed by atoms with Crippen molar-refractivity contribution in [1.82, 2.24) is 4.90 Å². The van der Waals surface area contributed by atoms with Crippen molar-refractivity contribution in [3.8, 4) is 11.5 Å². The van der Waals surface area contributed by atoms with E-state index in [0.717, 1.165) is 17.6 Å². The van der Waals surface area contributed by atoms with Gasteiger partial charge in [0.2, 0.25) is 5.79 Å². The molecule has 3 aliphatic heterocycles. The fourth-order valence-corrected chi connectivity index (χ4v) is 11.8. The van der Waals surface area contributed by atoms with E-state index < -0.39 is 77.8 Å². The van der Waals surface area contributed by atoms with Crippen molar-refractivity contribution >= 4 is 29.2 Å². The smallest absolute Gasteiger partial charge is 0.329 e. The standard InChI is InChI=1S/C60H89NO15/c1-36-17-13-12-14-18-37(2)47(46-24-23-44(74-28-27-62)34-52(46)70-8)33-45-22-20-42(7)60(73-11,76-45)57(67)58(68)61-26-16-15-19-48(61)59(69)75-51(39(4)31-43-21-25-49(63)53(32-43)71-9)35-50(64)38(3)30-41(6)55(66)56(72-10)54(65)40(5)29-36/h12-14,17-18,23-24,30,34,36,38-40,42-43,45,47-49,51,53,55-56,62-63,66H,15-16,19-22,25-29,31-33,35H2,1-11H3/b14-12+,17-13+,37-18+,41-30+/t36-,38-,39-,40-,42-,43+,45+,47-,48+,49-,51+,53-,55-,56+,60-/m1/s1. The minimum absolute atomic E-state index is 0.0185. The first kappa shape index (κ1) is 62.3. The lowest BCUT2D eigenvalue weighted by molar-refractivity contribution is -0.275. The second-order valence-electron chi connectivity index (χ2n) is 22.1. The number of aliphatic hydroxyl groups excluding tert-OH is 3. The number of methoxy groups -OCH3 is 4. The predicted molar refractivity (Wildman–Crippen MR) is 287 cm³/mol. The van der Waals surface area contributed by atoms with Crippen LogP contribution in [0.5, 0.6) is 11.5 Å². The topological polar surface area (TPSA) is 214 Å². The molecule has 0 aromatic heterocycles. The number of allylic oxidation sites excluding steroid dienone is 7. The van der Waals surface area contributed by atoms with Gasteiger partial charge in [0.1, 0.15) is 48.2 Å². The molecule has 3 N–H and O–H groups in total. The molecule has 3 heterocycles. The van der Waals surface area contributed by atoms with Gasteiger partial charge in [-0.25, -0.2) is 4.79 Å². The molecule has 1 amide bonds. The number of ether oxygens (including phenoxy) is 7. The molecule has 3 fully saturated rings. The summed E-state index contributed by atoms with van der Waals surface area (Å²) in [4.78, 5) is 73.9. The third-order valence-corrected chi connectivity index (χ3v) is 16.5. The van der Waals surface area contributed by atoms with Crippen LogP contribution in [0.15, 0.2) is 65.8 Å². The molecule has 424 valence electrons. The van der Waals surface area contributed by atoms with Crippen molar-refractivity contribution in [2.45, 2.75) is 180 Å². The van der Waals surface area contributed by atoms with Crippen molar-refractivity contribution in [3.05, 3.63) is 71.4 Å². The van der Waals surface area contributed by atoms with E-state index in [4.69, 9.17) is 33.2 Å². The van der Waals surface area contributed by atoms with Gasteiger partial charge in [0.15, 0.2) is 5.78 Å². The highest BCUT2D eigenvalue weighted by atomic mass is 16.7. The Morgan fingerprint density at radius 1 is 0.855 bits per heavy atom. The lowest BCUT2D eigenvalue weighted by Crippen LogP contribution is -2.61. The molecule has 4 aliphatic rings. The Bertz CT molecular complexity index is 2240.